The minimum Gasteiger partial charge on any atom is -0.463 e. The highest BCUT2D eigenvalue weighted by molar-refractivity contribution is 5.61. The first-order chi connectivity index (χ1) is 11.3. The van der Waals surface area contributed by atoms with Gasteiger partial charge in [-0.3, -0.25) is 0 Å². The van der Waals surface area contributed by atoms with Crippen molar-refractivity contribution in [1.29, 1.82) is 0 Å². The summed E-state index contributed by atoms with van der Waals surface area (Å²) in [4.78, 5) is 8.58. The monoisotopic (exact) mass is 312 g/mol. The second kappa shape index (κ2) is 9.98. The van der Waals surface area contributed by atoms with Crippen LogP contribution >= 0.6 is 0 Å². The van der Waals surface area contributed by atoms with Crippen molar-refractivity contribution in [2.75, 3.05) is 6.61 Å². The van der Waals surface area contributed by atoms with Gasteiger partial charge in [0.15, 0.2) is 0 Å². The Hall–Kier alpha value is -1.90. The van der Waals surface area contributed by atoms with Gasteiger partial charge in [0, 0.05) is 18.0 Å². The van der Waals surface area contributed by atoms with Gasteiger partial charge >= 0.3 is 6.01 Å². The Morgan fingerprint density at radius 2 is 1.61 bits per heavy atom. The zero-order valence-corrected chi connectivity index (χ0v) is 14.4. The first-order valence-corrected chi connectivity index (χ1v) is 8.80. The van der Waals surface area contributed by atoms with Crippen molar-refractivity contribution in [3.63, 3.8) is 0 Å². The summed E-state index contributed by atoms with van der Waals surface area (Å²) in [7, 11) is 0. The molecule has 0 aliphatic rings. The van der Waals surface area contributed by atoms with Gasteiger partial charge in [-0.25, -0.2) is 9.97 Å². The molecule has 0 saturated heterocycles. The summed E-state index contributed by atoms with van der Waals surface area (Å²) in [6, 6.07) is 10.6. The van der Waals surface area contributed by atoms with Crippen molar-refractivity contribution in [1.82, 2.24) is 9.97 Å². The Kier molecular flexibility index (Phi) is 7.58. The zero-order valence-electron chi connectivity index (χ0n) is 14.4. The van der Waals surface area contributed by atoms with E-state index in [0.29, 0.717) is 12.6 Å². The summed E-state index contributed by atoms with van der Waals surface area (Å²) in [5.74, 6) is 0.864. The van der Waals surface area contributed by atoms with Gasteiger partial charge in [-0.05, 0) is 17.9 Å². The van der Waals surface area contributed by atoms with Crippen LogP contribution in [-0.2, 0) is 0 Å². The summed E-state index contributed by atoms with van der Waals surface area (Å²) in [5, 5.41) is 0. The number of hydrogen-bond acceptors (Lipinski definition) is 3. The summed E-state index contributed by atoms with van der Waals surface area (Å²) in [5.41, 5.74) is 2.14. The molecule has 1 heterocycles. The number of hydrogen-bond donors (Lipinski definition) is 0. The van der Waals surface area contributed by atoms with Gasteiger partial charge in [-0.2, -0.15) is 0 Å². The summed E-state index contributed by atoms with van der Waals surface area (Å²) in [6.45, 7) is 5.30. The first-order valence-electron chi connectivity index (χ1n) is 8.80. The van der Waals surface area contributed by atoms with Crippen LogP contribution in [-0.4, -0.2) is 16.6 Å². The van der Waals surface area contributed by atoms with Crippen LogP contribution in [0.3, 0.4) is 0 Å². The van der Waals surface area contributed by atoms with E-state index in [1.54, 1.807) is 0 Å². The molecule has 23 heavy (non-hydrogen) atoms. The lowest BCUT2D eigenvalue weighted by Gasteiger charge is -2.08. The maximum absolute atomic E-state index is 5.62. The van der Waals surface area contributed by atoms with Gasteiger partial charge in [-0.15, -0.1) is 0 Å². The first kappa shape index (κ1) is 17.5. The van der Waals surface area contributed by atoms with Gasteiger partial charge in [-0.1, -0.05) is 76.3 Å². The fourth-order valence-electron chi connectivity index (χ4n) is 2.49. The zero-order chi connectivity index (χ0) is 16.3. The molecule has 0 aliphatic carbocycles. The van der Waals surface area contributed by atoms with E-state index in [4.69, 9.17) is 4.74 Å². The molecule has 0 fully saturated rings. The Morgan fingerprint density at radius 1 is 0.913 bits per heavy atom. The maximum atomic E-state index is 5.62. The van der Waals surface area contributed by atoms with E-state index in [0.717, 1.165) is 23.5 Å². The minimum absolute atomic E-state index is 0.476. The molecule has 1 aromatic heterocycles. The molecule has 0 bridgehead atoms. The molecule has 0 radical (unpaired) electrons. The van der Waals surface area contributed by atoms with E-state index in [9.17, 15) is 0 Å². The Balaban J connectivity index is 1.63. The molecule has 3 nitrogen and oxygen atoms in total. The van der Waals surface area contributed by atoms with Crippen LogP contribution in [0.2, 0.25) is 0 Å². The summed E-state index contributed by atoms with van der Waals surface area (Å²) < 4.78 is 5.62. The molecule has 124 valence electrons. The van der Waals surface area contributed by atoms with Crippen LogP contribution in [0, 0.1) is 5.92 Å². The van der Waals surface area contributed by atoms with E-state index in [1.807, 2.05) is 30.6 Å². The largest absolute Gasteiger partial charge is 0.463 e. The van der Waals surface area contributed by atoms with Gasteiger partial charge in [0.05, 0.1) is 6.61 Å². The van der Waals surface area contributed by atoms with Crippen LogP contribution in [0.4, 0.5) is 0 Å². The van der Waals surface area contributed by atoms with Crippen LogP contribution in [0.25, 0.3) is 11.1 Å². The molecule has 0 aliphatic heterocycles. The van der Waals surface area contributed by atoms with E-state index in [1.165, 1.54) is 32.1 Å². The van der Waals surface area contributed by atoms with Gasteiger partial charge < -0.3 is 4.74 Å². The Bertz CT molecular complexity index is 539. The highest BCUT2D eigenvalue weighted by atomic mass is 16.5. The normalized spacial score (nSPS) is 12.1. The number of aromatic nitrogens is 2. The molecular formula is C20H28N2O. The van der Waals surface area contributed by atoms with Crippen molar-refractivity contribution in [3.8, 4) is 17.1 Å². The summed E-state index contributed by atoms with van der Waals surface area (Å²) >= 11 is 0. The van der Waals surface area contributed by atoms with Gasteiger partial charge in [0.25, 0.3) is 0 Å². The molecule has 1 atom stereocenters. The lowest BCUT2D eigenvalue weighted by molar-refractivity contribution is 0.280. The van der Waals surface area contributed by atoms with E-state index in [-0.39, 0.29) is 0 Å². The molecule has 2 rings (SSSR count). The third-order valence-corrected chi connectivity index (χ3v) is 4.25. The van der Waals surface area contributed by atoms with Gasteiger partial charge in [0.1, 0.15) is 0 Å². The molecular weight excluding hydrogens is 284 g/mol. The quantitative estimate of drug-likeness (QED) is 0.542. The number of nitrogens with zero attached hydrogens (tertiary/aromatic N) is 2. The average Bonchev–Trinajstić information content (AvgIpc) is 2.62. The second-order valence-corrected chi connectivity index (χ2v) is 6.19. The van der Waals surface area contributed by atoms with Crippen molar-refractivity contribution in [2.45, 2.75) is 52.4 Å². The van der Waals surface area contributed by atoms with E-state index >= 15 is 0 Å². The van der Waals surface area contributed by atoms with Crippen LogP contribution < -0.4 is 4.74 Å². The van der Waals surface area contributed by atoms with Crippen LogP contribution in [0.1, 0.15) is 52.4 Å². The van der Waals surface area contributed by atoms with Crippen molar-refractivity contribution >= 4 is 0 Å². The molecule has 0 unspecified atom stereocenters. The minimum atomic E-state index is 0.476. The number of unbranched alkanes of at least 4 members (excludes halogenated alkanes) is 3. The average molecular weight is 312 g/mol. The van der Waals surface area contributed by atoms with Gasteiger partial charge in [0.2, 0.25) is 0 Å². The Morgan fingerprint density at radius 3 is 2.30 bits per heavy atom. The van der Waals surface area contributed by atoms with E-state index < -0.39 is 0 Å². The third-order valence-electron chi connectivity index (χ3n) is 4.25. The molecule has 0 saturated carbocycles. The third kappa shape index (κ3) is 6.39. The van der Waals surface area contributed by atoms with E-state index in [2.05, 4.69) is 35.9 Å². The van der Waals surface area contributed by atoms with Crippen molar-refractivity contribution in [2.24, 2.45) is 5.92 Å². The molecule has 2 aromatic rings. The predicted octanol–water partition coefficient (Wildman–Crippen LogP) is 5.52. The molecule has 1 aromatic carbocycles. The number of rotatable bonds is 10. The Labute approximate surface area is 140 Å². The predicted molar refractivity (Wildman–Crippen MR) is 95.5 cm³/mol. The van der Waals surface area contributed by atoms with Crippen LogP contribution in [0.5, 0.6) is 6.01 Å². The second-order valence-electron chi connectivity index (χ2n) is 6.19. The maximum Gasteiger partial charge on any atom is 0.316 e. The fourth-order valence-corrected chi connectivity index (χ4v) is 2.49. The molecule has 0 amide bonds. The molecule has 3 heteroatoms. The standard InChI is InChI=1S/C20H28N2O/c1-3-17(2)11-7-4-5-10-14-23-20-21-15-19(16-22-20)18-12-8-6-9-13-18/h6,8-9,12-13,15-17H,3-5,7,10-11,14H2,1-2H3/t17-/m0/s1. The van der Waals surface area contributed by atoms with Crippen molar-refractivity contribution < 1.29 is 4.74 Å². The summed E-state index contributed by atoms with van der Waals surface area (Å²) in [6.07, 6.45) is 11.2. The topological polar surface area (TPSA) is 35.0 Å². The fraction of sp³-hybridized carbons (Fsp3) is 0.500. The molecule has 0 N–H and O–H groups in total. The highest BCUT2D eigenvalue weighted by Gasteiger charge is 2.01. The highest BCUT2D eigenvalue weighted by Crippen LogP contribution is 2.18. The SMILES string of the molecule is CC[C@H](C)CCCCCCOc1ncc(-c2ccccc2)cn1. The number of ether oxygens (including phenoxy) is 1. The van der Waals surface area contributed by atoms with Crippen LogP contribution in [0.15, 0.2) is 42.7 Å². The number of benzene rings is 1. The smallest absolute Gasteiger partial charge is 0.316 e. The van der Waals surface area contributed by atoms with Crippen molar-refractivity contribution in [3.05, 3.63) is 42.7 Å². The lowest BCUT2D eigenvalue weighted by Crippen LogP contribution is -2.01. The lowest BCUT2D eigenvalue weighted by atomic mass is 10.0. The molecule has 0 spiro atoms.